The molecule has 1 saturated heterocycles. The van der Waals surface area contributed by atoms with Gasteiger partial charge >= 0.3 is 0 Å². The predicted octanol–water partition coefficient (Wildman–Crippen LogP) is 0.990. The first-order chi connectivity index (χ1) is 11.4. The lowest BCUT2D eigenvalue weighted by atomic mass is 10.3. The number of nitrogens with one attached hydrogen (secondary N) is 1. The third-order valence-electron chi connectivity index (χ3n) is 3.68. The van der Waals surface area contributed by atoms with Crippen LogP contribution in [0.1, 0.15) is 5.76 Å². The molecule has 0 spiro atoms. The molecule has 2 aromatic rings. The van der Waals surface area contributed by atoms with Crippen LogP contribution < -0.4 is 5.32 Å². The maximum Gasteiger partial charge on any atom is 0.252 e. The molecule has 10 heteroatoms. The molecule has 24 heavy (non-hydrogen) atoms. The third-order valence-corrected chi connectivity index (χ3v) is 6.95. The van der Waals surface area contributed by atoms with Crippen molar-refractivity contribution in [2.24, 2.45) is 0 Å². The number of aryl methyl sites for hydroxylation is 1. The molecular weight excluding hydrogens is 352 g/mol. The molecule has 1 amide bonds. The Labute approximate surface area is 144 Å². The van der Waals surface area contributed by atoms with Gasteiger partial charge in [-0.15, -0.1) is 11.3 Å². The first kappa shape index (κ1) is 17.1. The number of rotatable bonds is 5. The number of amides is 1. The zero-order valence-electron chi connectivity index (χ0n) is 13.1. The number of carbonyl (C=O) groups is 1. The van der Waals surface area contributed by atoms with Gasteiger partial charge in [0, 0.05) is 32.2 Å². The highest BCUT2D eigenvalue weighted by Crippen LogP contribution is 2.22. The first-order valence-corrected chi connectivity index (χ1v) is 9.76. The Morgan fingerprint density at radius 2 is 2.12 bits per heavy atom. The van der Waals surface area contributed by atoms with Crippen LogP contribution in [0.25, 0.3) is 0 Å². The predicted molar refractivity (Wildman–Crippen MR) is 89.4 cm³/mol. The Hall–Kier alpha value is -1.75. The van der Waals surface area contributed by atoms with Crippen molar-refractivity contribution < 1.29 is 17.7 Å². The minimum Gasteiger partial charge on any atom is -0.360 e. The molecule has 8 nitrogen and oxygen atoms in total. The van der Waals surface area contributed by atoms with Gasteiger partial charge in [-0.3, -0.25) is 9.69 Å². The van der Waals surface area contributed by atoms with E-state index >= 15 is 0 Å². The molecule has 0 aromatic carbocycles. The van der Waals surface area contributed by atoms with E-state index < -0.39 is 10.0 Å². The van der Waals surface area contributed by atoms with E-state index in [1.807, 2.05) is 4.90 Å². The molecule has 0 atom stereocenters. The second-order valence-corrected chi connectivity index (χ2v) is 8.60. The van der Waals surface area contributed by atoms with Crippen LogP contribution in [0.4, 0.5) is 5.82 Å². The fourth-order valence-corrected chi connectivity index (χ4v) is 5.04. The zero-order chi connectivity index (χ0) is 17.2. The van der Waals surface area contributed by atoms with Gasteiger partial charge in [-0.25, -0.2) is 8.42 Å². The topological polar surface area (TPSA) is 95.8 Å². The summed E-state index contributed by atoms with van der Waals surface area (Å²) in [4.78, 5) is 13.9. The number of sulfonamides is 1. The van der Waals surface area contributed by atoms with Crippen molar-refractivity contribution in [3.63, 3.8) is 0 Å². The Balaban J connectivity index is 1.51. The first-order valence-electron chi connectivity index (χ1n) is 7.44. The highest BCUT2D eigenvalue weighted by molar-refractivity contribution is 7.91. The van der Waals surface area contributed by atoms with Crippen LogP contribution in [0.5, 0.6) is 0 Å². The van der Waals surface area contributed by atoms with Crippen LogP contribution in [-0.4, -0.2) is 61.4 Å². The van der Waals surface area contributed by atoms with Crippen LogP contribution >= 0.6 is 11.3 Å². The molecule has 0 bridgehead atoms. The molecule has 1 fully saturated rings. The Bertz CT molecular complexity index is 793. The lowest BCUT2D eigenvalue weighted by molar-refractivity contribution is -0.117. The molecule has 3 rings (SSSR count). The van der Waals surface area contributed by atoms with E-state index in [0.717, 1.165) is 0 Å². The van der Waals surface area contributed by atoms with Gasteiger partial charge in [0.25, 0.3) is 10.0 Å². The summed E-state index contributed by atoms with van der Waals surface area (Å²) in [5.74, 6) is 0.812. The number of hydrogen-bond acceptors (Lipinski definition) is 7. The monoisotopic (exact) mass is 370 g/mol. The standard InChI is InChI=1S/C14H18N4O4S2/c1-11-9-12(16-22-11)15-13(19)10-17-4-6-18(7-5-17)24(20,21)14-3-2-8-23-14/h2-3,8-9H,4-7,10H2,1H3,(H,15,16,19). The van der Waals surface area contributed by atoms with Gasteiger partial charge in [0.15, 0.2) is 5.82 Å². The maximum atomic E-state index is 12.4. The fourth-order valence-electron chi connectivity index (χ4n) is 2.48. The summed E-state index contributed by atoms with van der Waals surface area (Å²) < 4.78 is 31.6. The van der Waals surface area contributed by atoms with E-state index in [-0.39, 0.29) is 12.5 Å². The number of carbonyl (C=O) groups excluding carboxylic acids is 1. The van der Waals surface area contributed by atoms with Crippen molar-refractivity contribution in [3.05, 3.63) is 29.3 Å². The van der Waals surface area contributed by atoms with Crippen molar-refractivity contribution in [2.45, 2.75) is 11.1 Å². The van der Waals surface area contributed by atoms with E-state index in [1.54, 1.807) is 30.5 Å². The number of anilines is 1. The van der Waals surface area contributed by atoms with Crippen LogP contribution in [0.3, 0.4) is 0 Å². The molecular formula is C14H18N4O4S2. The number of aromatic nitrogens is 1. The molecule has 130 valence electrons. The van der Waals surface area contributed by atoms with Gasteiger partial charge in [0.05, 0.1) is 6.54 Å². The second-order valence-electron chi connectivity index (χ2n) is 5.48. The van der Waals surface area contributed by atoms with E-state index in [0.29, 0.717) is 42.0 Å². The average Bonchev–Trinajstić information content (AvgIpc) is 3.20. The third kappa shape index (κ3) is 3.83. The minimum atomic E-state index is -3.41. The number of piperazine rings is 1. The van der Waals surface area contributed by atoms with Gasteiger partial charge in [-0.2, -0.15) is 4.31 Å². The summed E-state index contributed by atoms with van der Waals surface area (Å²) >= 11 is 1.22. The summed E-state index contributed by atoms with van der Waals surface area (Å²) in [6, 6.07) is 4.98. The molecule has 1 N–H and O–H groups in total. The van der Waals surface area contributed by atoms with Gasteiger partial charge in [0.1, 0.15) is 9.97 Å². The minimum absolute atomic E-state index is 0.193. The Morgan fingerprint density at radius 1 is 1.38 bits per heavy atom. The van der Waals surface area contributed by atoms with E-state index in [2.05, 4.69) is 10.5 Å². The van der Waals surface area contributed by atoms with Gasteiger partial charge in [-0.1, -0.05) is 11.2 Å². The van der Waals surface area contributed by atoms with Gasteiger partial charge in [0.2, 0.25) is 5.91 Å². The summed E-state index contributed by atoms with van der Waals surface area (Å²) in [7, 11) is -3.41. The zero-order valence-corrected chi connectivity index (χ0v) is 14.8. The molecule has 0 radical (unpaired) electrons. The van der Waals surface area contributed by atoms with Crippen molar-refractivity contribution >= 4 is 33.1 Å². The summed E-state index contributed by atoms with van der Waals surface area (Å²) in [6.07, 6.45) is 0. The average molecular weight is 370 g/mol. The number of hydrogen-bond donors (Lipinski definition) is 1. The highest BCUT2D eigenvalue weighted by atomic mass is 32.2. The number of nitrogens with zero attached hydrogens (tertiary/aromatic N) is 3. The van der Waals surface area contributed by atoms with E-state index in [9.17, 15) is 13.2 Å². The van der Waals surface area contributed by atoms with E-state index in [1.165, 1.54) is 15.6 Å². The fraction of sp³-hybridized carbons (Fsp3) is 0.429. The van der Waals surface area contributed by atoms with Crippen LogP contribution in [0, 0.1) is 6.92 Å². The summed E-state index contributed by atoms with van der Waals surface area (Å²) in [5, 5.41) is 8.12. The van der Waals surface area contributed by atoms with Crippen molar-refractivity contribution in [2.75, 3.05) is 38.0 Å². The Morgan fingerprint density at radius 3 is 2.71 bits per heavy atom. The Kier molecular flexibility index (Phi) is 4.99. The molecule has 0 aliphatic carbocycles. The van der Waals surface area contributed by atoms with Crippen LogP contribution in [-0.2, 0) is 14.8 Å². The van der Waals surface area contributed by atoms with Gasteiger partial charge in [-0.05, 0) is 18.4 Å². The normalized spacial score (nSPS) is 17.0. The largest absolute Gasteiger partial charge is 0.360 e. The van der Waals surface area contributed by atoms with Crippen LogP contribution in [0.15, 0.2) is 32.3 Å². The molecule has 0 unspecified atom stereocenters. The summed E-state index contributed by atoms with van der Waals surface area (Å²) in [6.45, 7) is 3.70. The molecule has 2 aromatic heterocycles. The smallest absolute Gasteiger partial charge is 0.252 e. The van der Waals surface area contributed by atoms with Crippen molar-refractivity contribution in [1.82, 2.24) is 14.4 Å². The quantitative estimate of drug-likeness (QED) is 0.843. The van der Waals surface area contributed by atoms with Gasteiger partial charge < -0.3 is 9.84 Å². The molecule has 3 heterocycles. The summed E-state index contributed by atoms with van der Waals surface area (Å²) in [5.41, 5.74) is 0. The lowest BCUT2D eigenvalue weighted by Gasteiger charge is -2.33. The van der Waals surface area contributed by atoms with E-state index in [4.69, 9.17) is 4.52 Å². The second kappa shape index (κ2) is 7.01. The lowest BCUT2D eigenvalue weighted by Crippen LogP contribution is -2.50. The highest BCUT2D eigenvalue weighted by Gasteiger charge is 2.29. The molecule has 0 saturated carbocycles. The molecule has 1 aliphatic heterocycles. The maximum absolute atomic E-state index is 12.4. The van der Waals surface area contributed by atoms with Crippen molar-refractivity contribution in [3.8, 4) is 0 Å². The van der Waals surface area contributed by atoms with Crippen LogP contribution in [0.2, 0.25) is 0 Å². The molecule has 1 aliphatic rings. The van der Waals surface area contributed by atoms with Crippen molar-refractivity contribution in [1.29, 1.82) is 0 Å². The number of thiophene rings is 1. The SMILES string of the molecule is Cc1cc(NC(=O)CN2CCN(S(=O)(=O)c3cccs3)CC2)no1.